The quantitative estimate of drug-likeness (QED) is 0.231. The van der Waals surface area contributed by atoms with Gasteiger partial charge in [0, 0.05) is 74.7 Å². The van der Waals surface area contributed by atoms with Crippen LogP contribution < -0.4 is 5.73 Å². The summed E-state index contributed by atoms with van der Waals surface area (Å²) in [5.41, 5.74) is 10.5. The molecule has 5 rings (SSSR count). The summed E-state index contributed by atoms with van der Waals surface area (Å²) in [6.07, 6.45) is 8.20. The Balaban J connectivity index is 1.22. The van der Waals surface area contributed by atoms with Crippen LogP contribution in [-0.2, 0) is 22.5 Å². The lowest BCUT2D eigenvalue weighted by molar-refractivity contribution is -0.132. The highest BCUT2D eigenvalue weighted by Gasteiger charge is 2.28. The van der Waals surface area contributed by atoms with E-state index in [1.165, 1.54) is 11.6 Å². The molecule has 1 fully saturated rings. The van der Waals surface area contributed by atoms with Crippen LogP contribution in [0.2, 0.25) is 5.02 Å². The molecule has 1 aliphatic heterocycles. The lowest BCUT2D eigenvalue weighted by Crippen LogP contribution is -2.39. The molecule has 40 heavy (non-hydrogen) atoms. The number of anilines is 1. The van der Waals surface area contributed by atoms with Crippen molar-refractivity contribution < 1.29 is 13.9 Å². The van der Waals surface area contributed by atoms with Crippen LogP contribution >= 0.6 is 11.6 Å². The van der Waals surface area contributed by atoms with Crippen LogP contribution in [0.25, 0.3) is 22.0 Å². The number of fused-ring (bicyclic) bond motifs is 1. The average molecular weight is 564 g/mol. The Kier molecular flexibility index (Phi) is 8.97. The number of hydrogen-bond donors (Lipinski definition) is 1. The number of nitrogens with zero attached hydrogens (tertiary/aromatic N) is 4. The monoisotopic (exact) mass is 563 g/mol. The topological polar surface area (TPSA) is 86.3 Å². The van der Waals surface area contributed by atoms with Crippen LogP contribution in [-0.4, -0.2) is 52.1 Å². The van der Waals surface area contributed by atoms with E-state index in [0.717, 1.165) is 61.0 Å². The third-order valence-electron chi connectivity index (χ3n) is 7.73. The number of carbonyl (C=O) groups is 1. The van der Waals surface area contributed by atoms with Crippen molar-refractivity contribution in [1.82, 2.24) is 19.4 Å². The van der Waals surface area contributed by atoms with Crippen LogP contribution in [0.3, 0.4) is 0 Å². The highest BCUT2D eigenvalue weighted by molar-refractivity contribution is 6.35. The van der Waals surface area contributed by atoms with Gasteiger partial charge in [-0.2, -0.15) is 0 Å². The van der Waals surface area contributed by atoms with Crippen molar-refractivity contribution in [3.8, 4) is 11.1 Å². The first-order valence-corrected chi connectivity index (χ1v) is 14.2. The molecule has 1 aliphatic rings. The van der Waals surface area contributed by atoms with Gasteiger partial charge in [-0.1, -0.05) is 35.9 Å². The van der Waals surface area contributed by atoms with Crippen LogP contribution in [0.1, 0.15) is 49.3 Å². The number of aryl methyl sites for hydroxylation is 2. The smallest absolute Gasteiger partial charge is 0.222 e. The molecule has 210 valence electrons. The number of hydrogen-bond acceptors (Lipinski definition) is 5. The Morgan fingerprint density at radius 1 is 1.12 bits per heavy atom. The largest absolute Gasteiger partial charge is 0.385 e. The first-order chi connectivity index (χ1) is 19.4. The van der Waals surface area contributed by atoms with E-state index < -0.39 is 0 Å². The summed E-state index contributed by atoms with van der Waals surface area (Å²) in [5, 5.41) is 1.08. The lowest BCUT2D eigenvalue weighted by Gasteiger charge is -2.33. The summed E-state index contributed by atoms with van der Waals surface area (Å²) < 4.78 is 22.1. The van der Waals surface area contributed by atoms with Gasteiger partial charge in [-0.05, 0) is 61.4 Å². The van der Waals surface area contributed by atoms with Crippen LogP contribution in [0.4, 0.5) is 10.3 Å². The maximum absolute atomic E-state index is 14.8. The van der Waals surface area contributed by atoms with Gasteiger partial charge in [-0.15, -0.1) is 0 Å². The summed E-state index contributed by atoms with van der Waals surface area (Å²) in [7, 11) is 1.68. The summed E-state index contributed by atoms with van der Waals surface area (Å²) >= 11 is 6.54. The minimum Gasteiger partial charge on any atom is -0.385 e. The highest BCUT2D eigenvalue weighted by Crippen LogP contribution is 2.36. The van der Waals surface area contributed by atoms with Crippen molar-refractivity contribution in [2.24, 2.45) is 0 Å². The molecule has 1 unspecified atom stereocenters. The van der Waals surface area contributed by atoms with E-state index >= 15 is 0 Å². The first kappa shape index (κ1) is 28.1. The van der Waals surface area contributed by atoms with E-state index in [4.69, 9.17) is 22.1 Å². The van der Waals surface area contributed by atoms with Gasteiger partial charge < -0.3 is 19.9 Å². The number of amides is 1. The Morgan fingerprint density at radius 2 is 1.90 bits per heavy atom. The zero-order chi connectivity index (χ0) is 28.1. The maximum atomic E-state index is 14.8. The molecule has 2 aromatic heterocycles. The molecular weight excluding hydrogens is 529 g/mol. The molecule has 7 nitrogen and oxygen atoms in total. The number of methoxy groups -OCH3 is 1. The minimum absolute atomic E-state index is 0.132. The molecule has 0 aliphatic carbocycles. The van der Waals surface area contributed by atoms with Crippen molar-refractivity contribution in [3.05, 3.63) is 77.0 Å². The zero-order valence-corrected chi connectivity index (χ0v) is 23.5. The third kappa shape index (κ3) is 6.29. The van der Waals surface area contributed by atoms with E-state index in [1.807, 2.05) is 23.1 Å². The Bertz CT molecular complexity index is 1460. The molecule has 1 saturated heterocycles. The number of halogens is 2. The SMILES string of the molecule is COCCCn1c(C2CCCN(C(=O)CCCc3ccc(-c4cnc(N)nc4)cc3)C2)cc2c(F)ccc(Cl)c21. The predicted octanol–water partition coefficient (Wildman–Crippen LogP) is 6.24. The molecule has 2 N–H and O–H groups in total. The zero-order valence-electron chi connectivity index (χ0n) is 22.8. The second-order valence-corrected chi connectivity index (χ2v) is 10.8. The van der Waals surface area contributed by atoms with Gasteiger partial charge in [0.2, 0.25) is 11.9 Å². The molecule has 0 spiro atoms. The molecular formula is C31H35ClFN5O2. The van der Waals surface area contributed by atoms with Gasteiger partial charge in [-0.3, -0.25) is 4.79 Å². The molecule has 1 amide bonds. The maximum Gasteiger partial charge on any atom is 0.222 e. The number of ether oxygens (including phenoxy) is 1. The van der Waals surface area contributed by atoms with Crippen LogP contribution in [0.5, 0.6) is 0 Å². The van der Waals surface area contributed by atoms with Crippen molar-refractivity contribution in [1.29, 1.82) is 0 Å². The number of benzene rings is 2. The second kappa shape index (κ2) is 12.8. The molecule has 2 aromatic carbocycles. The Labute approximate surface area is 239 Å². The summed E-state index contributed by atoms with van der Waals surface area (Å²) in [6.45, 7) is 2.69. The normalized spacial score (nSPS) is 15.6. The van der Waals surface area contributed by atoms with Crippen LogP contribution in [0.15, 0.2) is 54.9 Å². The molecule has 0 saturated carbocycles. The number of aromatic nitrogens is 3. The summed E-state index contributed by atoms with van der Waals surface area (Å²) in [4.78, 5) is 23.3. The van der Waals surface area contributed by atoms with E-state index in [-0.39, 0.29) is 23.6 Å². The lowest BCUT2D eigenvalue weighted by atomic mass is 9.94. The van der Waals surface area contributed by atoms with Gasteiger partial charge in [0.1, 0.15) is 5.82 Å². The number of piperidine rings is 1. The van der Waals surface area contributed by atoms with E-state index in [9.17, 15) is 9.18 Å². The summed E-state index contributed by atoms with van der Waals surface area (Å²) in [6, 6.07) is 13.2. The Hall–Kier alpha value is -3.49. The number of likely N-dealkylation sites (tertiary alicyclic amines) is 1. The average Bonchev–Trinajstić information content (AvgIpc) is 3.37. The second-order valence-electron chi connectivity index (χ2n) is 10.4. The standard InChI is InChI=1S/C31H35ClFN5O2/c1-40-16-4-15-38-28(17-25-27(33)13-12-26(32)30(25)38)23-6-3-14-37(20-23)29(39)7-2-5-21-8-10-22(11-9-21)24-18-35-31(34)36-19-24/h8-13,17-19,23H,2-7,14-16,20H2,1H3,(H2,34,35,36). The fraction of sp³-hybridized carbons (Fsp3) is 0.387. The van der Waals surface area contributed by atoms with Crippen molar-refractivity contribution in [3.63, 3.8) is 0 Å². The molecule has 1 atom stereocenters. The number of nitrogen functional groups attached to an aromatic ring is 1. The minimum atomic E-state index is -0.273. The van der Waals surface area contributed by atoms with Crippen molar-refractivity contribution >= 4 is 34.4 Å². The fourth-order valence-electron chi connectivity index (χ4n) is 5.67. The van der Waals surface area contributed by atoms with Gasteiger partial charge in [0.05, 0.1) is 10.5 Å². The van der Waals surface area contributed by atoms with Crippen molar-refractivity contribution in [2.45, 2.75) is 51.0 Å². The third-order valence-corrected chi connectivity index (χ3v) is 8.03. The van der Waals surface area contributed by atoms with Gasteiger partial charge in [0.25, 0.3) is 0 Å². The van der Waals surface area contributed by atoms with Gasteiger partial charge in [-0.25, -0.2) is 14.4 Å². The number of nitrogens with two attached hydrogens (primary N) is 1. The molecule has 0 radical (unpaired) electrons. The van der Waals surface area contributed by atoms with Gasteiger partial charge in [0.15, 0.2) is 0 Å². The van der Waals surface area contributed by atoms with E-state index in [2.05, 4.69) is 26.7 Å². The first-order valence-electron chi connectivity index (χ1n) is 13.8. The fourth-order valence-corrected chi connectivity index (χ4v) is 5.93. The molecule has 9 heteroatoms. The predicted molar refractivity (Wildman–Crippen MR) is 157 cm³/mol. The van der Waals surface area contributed by atoms with E-state index in [0.29, 0.717) is 36.5 Å². The molecule has 3 heterocycles. The van der Waals surface area contributed by atoms with Gasteiger partial charge >= 0.3 is 0 Å². The highest BCUT2D eigenvalue weighted by atomic mass is 35.5. The summed E-state index contributed by atoms with van der Waals surface area (Å²) in [5.74, 6) is 0.289. The molecule has 0 bridgehead atoms. The van der Waals surface area contributed by atoms with E-state index in [1.54, 1.807) is 25.6 Å². The Morgan fingerprint density at radius 3 is 2.65 bits per heavy atom. The van der Waals surface area contributed by atoms with Crippen molar-refractivity contribution in [2.75, 3.05) is 32.5 Å². The number of rotatable bonds is 10. The molecule has 4 aromatic rings. The van der Waals surface area contributed by atoms with Crippen LogP contribution in [0, 0.1) is 5.82 Å². The number of carbonyl (C=O) groups excluding carboxylic acids is 1.